The lowest BCUT2D eigenvalue weighted by atomic mass is 10.3. The Hall–Kier alpha value is -2.32. The molecule has 2 N–H and O–H groups in total. The van der Waals surface area contributed by atoms with E-state index in [-0.39, 0.29) is 23.3 Å². The van der Waals surface area contributed by atoms with Gasteiger partial charge in [0.1, 0.15) is 17.6 Å². The normalized spacial score (nSPS) is 15.3. The summed E-state index contributed by atoms with van der Waals surface area (Å²) in [4.78, 5) is 7.44. The van der Waals surface area contributed by atoms with E-state index >= 15 is 0 Å². The Kier molecular flexibility index (Phi) is 2.77. The number of hydrogen-bond acceptors (Lipinski definition) is 5. The zero-order valence-electron chi connectivity index (χ0n) is 10.1. The van der Waals surface area contributed by atoms with Crippen LogP contribution in [-0.2, 0) is 6.18 Å². The second kappa shape index (κ2) is 4.36. The lowest BCUT2D eigenvalue weighted by Crippen LogP contribution is -2.19. The maximum Gasteiger partial charge on any atom is 0.421 e. The van der Waals surface area contributed by atoms with Crippen molar-refractivity contribution in [2.75, 3.05) is 5.32 Å². The molecule has 2 aromatic rings. The lowest BCUT2D eigenvalue weighted by molar-refractivity contribution is -0.137. The number of hydrogen-bond donors (Lipinski definition) is 2. The van der Waals surface area contributed by atoms with Crippen LogP contribution in [0.1, 0.15) is 18.4 Å². The fourth-order valence-electron chi connectivity index (χ4n) is 1.64. The predicted molar refractivity (Wildman–Crippen MR) is 61.1 cm³/mol. The molecule has 1 aliphatic carbocycles. The van der Waals surface area contributed by atoms with Crippen LogP contribution in [-0.4, -0.2) is 20.7 Å². The van der Waals surface area contributed by atoms with Crippen molar-refractivity contribution >= 4 is 5.82 Å². The summed E-state index contributed by atoms with van der Waals surface area (Å²) in [5.41, 5.74) is -0.978. The van der Waals surface area contributed by atoms with Crippen LogP contribution in [0.5, 0.6) is 0 Å². The smallest absolute Gasteiger partial charge is 0.378 e. The van der Waals surface area contributed by atoms with Crippen molar-refractivity contribution in [3.8, 4) is 5.95 Å². The standard InChI is InChI=1S/C11H10F3N5O/c12-11(13,14)7-5-16-10(19-8(15)3-4-20-19)18-9(7)17-6-1-2-6/h3-6,15H,1-2H2,(H,16,17,18). The molecule has 1 fully saturated rings. The van der Waals surface area contributed by atoms with E-state index in [4.69, 9.17) is 9.93 Å². The highest BCUT2D eigenvalue weighted by Crippen LogP contribution is 2.35. The van der Waals surface area contributed by atoms with Crippen molar-refractivity contribution in [3.05, 3.63) is 29.6 Å². The fraction of sp³-hybridized carbons (Fsp3) is 0.364. The Balaban J connectivity index is 2.06. The quantitative estimate of drug-likeness (QED) is 0.903. The van der Waals surface area contributed by atoms with Gasteiger partial charge in [0, 0.05) is 18.3 Å². The van der Waals surface area contributed by atoms with Gasteiger partial charge in [0.05, 0.1) is 0 Å². The molecule has 0 unspecified atom stereocenters. The number of anilines is 1. The molecular weight excluding hydrogens is 275 g/mol. The molecule has 1 saturated carbocycles. The third-order valence-corrected chi connectivity index (χ3v) is 2.79. The zero-order chi connectivity index (χ0) is 14.3. The molecule has 2 heterocycles. The van der Waals surface area contributed by atoms with Crippen molar-refractivity contribution in [3.63, 3.8) is 0 Å². The number of alkyl halides is 3. The molecule has 20 heavy (non-hydrogen) atoms. The number of aromatic nitrogens is 3. The largest absolute Gasteiger partial charge is 0.421 e. The summed E-state index contributed by atoms with van der Waals surface area (Å²) in [5, 5.41) is 10.3. The highest BCUT2D eigenvalue weighted by Gasteiger charge is 2.37. The zero-order valence-corrected chi connectivity index (χ0v) is 10.1. The molecule has 0 saturated heterocycles. The van der Waals surface area contributed by atoms with E-state index in [1.54, 1.807) is 0 Å². The fourth-order valence-corrected chi connectivity index (χ4v) is 1.64. The first-order valence-electron chi connectivity index (χ1n) is 5.88. The summed E-state index contributed by atoms with van der Waals surface area (Å²) >= 11 is 0. The van der Waals surface area contributed by atoms with Gasteiger partial charge in [0.15, 0.2) is 5.49 Å². The molecule has 3 rings (SSSR count). The molecular formula is C11H10F3N5O. The van der Waals surface area contributed by atoms with Gasteiger partial charge in [-0.15, -0.1) is 4.74 Å². The molecule has 0 aliphatic heterocycles. The molecule has 0 amide bonds. The van der Waals surface area contributed by atoms with E-state index in [1.165, 1.54) is 12.3 Å². The maximum absolute atomic E-state index is 12.9. The van der Waals surface area contributed by atoms with Crippen LogP contribution in [0.15, 0.2) is 23.0 Å². The van der Waals surface area contributed by atoms with E-state index in [0.29, 0.717) is 6.20 Å². The number of nitrogens with one attached hydrogen (secondary N) is 2. The van der Waals surface area contributed by atoms with Gasteiger partial charge in [-0.3, -0.25) is 5.41 Å². The number of nitrogens with zero attached hydrogens (tertiary/aromatic N) is 3. The van der Waals surface area contributed by atoms with Crippen molar-refractivity contribution in [1.29, 1.82) is 5.41 Å². The van der Waals surface area contributed by atoms with Gasteiger partial charge in [0.2, 0.25) is 0 Å². The topological polar surface area (TPSA) is 79.7 Å². The minimum atomic E-state index is -4.53. The molecule has 0 atom stereocenters. The van der Waals surface area contributed by atoms with Gasteiger partial charge < -0.3 is 9.84 Å². The van der Waals surface area contributed by atoms with Gasteiger partial charge in [-0.25, -0.2) is 4.98 Å². The minimum absolute atomic E-state index is 0.0101. The third-order valence-electron chi connectivity index (χ3n) is 2.79. The van der Waals surface area contributed by atoms with Crippen molar-refractivity contribution < 1.29 is 17.7 Å². The van der Waals surface area contributed by atoms with E-state index < -0.39 is 11.7 Å². The van der Waals surface area contributed by atoms with Gasteiger partial charge in [-0.1, -0.05) is 0 Å². The van der Waals surface area contributed by atoms with Gasteiger partial charge in [-0.05, 0) is 12.8 Å². The van der Waals surface area contributed by atoms with Crippen molar-refractivity contribution in [1.82, 2.24) is 14.7 Å². The monoisotopic (exact) mass is 285 g/mol. The summed E-state index contributed by atoms with van der Waals surface area (Å²) in [6.07, 6.45) is -0.977. The number of rotatable bonds is 3. The van der Waals surface area contributed by atoms with Gasteiger partial charge >= 0.3 is 6.18 Å². The molecule has 0 aromatic carbocycles. The summed E-state index contributed by atoms with van der Waals surface area (Å²) in [6, 6.07) is 1.35. The molecule has 1 aliphatic rings. The Morgan fingerprint density at radius 1 is 1.40 bits per heavy atom. The summed E-state index contributed by atoms with van der Waals surface area (Å²) in [6.45, 7) is 0. The van der Waals surface area contributed by atoms with Crippen LogP contribution in [0, 0.1) is 5.41 Å². The van der Waals surface area contributed by atoms with Gasteiger partial charge in [-0.2, -0.15) is 18.2 Å². The minimum Gasteiger partial charge on any atom is -0.378 e. The van der Waals surface area contributed by atoms with Crippen LogP contribution in [0.4, 0.5) is 19.0 Å². The van der Waals surface area contributed by atoms with Crippen LogP contribution in [0.25, 0.3) is 5.95 Å². The Morgan fingerprint density at radius 3 is 2.70 bits per heavy atom. The first-order valence-corrected chi connectivity index (χ1v) is 5.88. The second-order valence-electron chi connectivity index (χ2n) is 4.44. The molecule has 106 valence electrons. The highest BCUT2D eigenvalue weighted by molar-refractivity contribution is 5.48. The van der Waals surface area contributed by atoms with Crippen LogP contribution in [0.2, 0.25) is 0 Å². The molecule has 6 nitrogen and oxygen atoms in total. The summed E-state index contributed by atoms with van der Waals surface area (Å²) < 4.78 is 44.5. The van der Waals surface area contributed by atoms with E-state index in [9.17, 15) is 13.2 Å². The Morgan fingerprint density at radius 2 is 2.15 bits per heavy atom. The van der Waals surface area contributed by atoms with Crippen LogP contribution < -0.4 is 10.8 Å². The van der Waals surface area contributed by atoms with Crippen molar-refractivity contribution in [2.45, 2.75) is 25.1 Å². The Bertz CT molecular complexity index is 686. The second-order valence-corrected chi connectivity index (χ2v) is 4.44. The maximum atomic E-state index is 12.9. The average Bonchev–Trinajstić information content (AvgIpc) is 3.07. The van der Waals surface area contributed by atoms with Gasteiger partial charge in [0.25, 0.3) is 5.95 Å². The predicted octanol–water partition coefficient (Wildman–Crippen LogP) is 1.93. The van der Waals surface area contributed by atoms with E-state index in [1.807, 2.05) is 0 Å². The average molecular weight is 285 g/mol. The van der Waals surface area contributed by atoms with E-state index in [2.05, 4.69) is 15.3 Å². The highest BCUT2D eigenvalue weighted by atomic mass is 19.4. The SMILES string of the molecule is N=c1ccon1-c1ncc(C(F)(F)F)c(NC2CC2)n1. The summed E-state index contributed by atoms with van der Waals surface area (Å²) in [5.74, 6) is -0.399. The molecule has 0 spiro atoms. The molecule has 2 aromatic heterocycles. The summed E-state index contributed by atoms with van der Waals surface area (Å²) in [7, 11) is 0. The lowest BCUT2D eigenvalue weighted by Gasteiger charge is -2.13. The van der Waals surface area contributed by atoms with Crippen LogP contribution >= 0.6 is 0 Å². The Labute approximate surface area is 110 Å². The van der Waals surface area contributed by atoms with Crippen molar-refractivity contribution in [2.24, 2.45) is 0 Å². The van der Waals surface area contributed by atoms with Crippen LogP contribution in [0.3, 0.4) is 0 Å². The number of halogens is 3. The molecule has 0 bridgehead atoms. The first kappa shape index (κ1) is 12.7. The van der Waals surface area contributed by atoms with E-state index in [0.717, 1.165) is 17.6 Å². The first-order chi connectivity index (χ1) is 9.45. The third kappa shape index (κ3) is 2.38. The molecule has 0 radical (unpaired) electrons. The molecule has 9 heteroatoms.